The van der Waals surface area contributed by atoms with Crippen molar-refractivity contribution in [2.75, 3.05) is 5.32 Å². The zero-order valence-corrected chi connectivity index (χ0v) is 15.7. The molecule has 0 radical (unpaired) electrons. The van der Waals surface area contributed by atoms with Gasteiger partial charge in [0.05, 0.1) is 22.9 Å². The topological polar surface area (TPSA) is 57.8 Å². The molecule has 0 saturated heterocycles. The highest BCUT2D eigenvalue weighted by Crippen LogP contribution is 2.24. The molecular weight excluding hydrogens is 358 g/mol. The van der Waals surface area contributed by atoms with Gasteiger partial charge >= 0.3 is 0 Å². The number of benzene rings is 3. The second-order valence-electron chi connectivity index (χ2n) is 6.65. The summed E-state index contributed by atoms with van der Waals surface area (Å²) in [5.41, 5.74) is 4.16. The maximum atomic E-state index is 13.3. The SMILES string of the molecule is N#Cc1ccccc1-c1cc(NCc2ccccc2)cn(-c2ccccc2)c1=O. The van der Waals surface area contributed by atoms with Gasteiger partial charge in [-0.05, 0) is 29.8 Å². The average molecular weight is 377 g/mol. The van der Waals surface area contributed by atoms with Crippen molar-refractivity contribution in [1.29, 1.82) is 5.26 Å². The van der Waals surface area contributed by atoms with Crippen LogP contribution in [0.2, 0.25) is 0 Å². The van der Waals surface area contributed by atoms with E-state index in [9.17, 15) is 10.1 Å². The molecule has 0 aliphatic carbocycles. The molecule has 29 heavy (non-hydrogen) atoms. The van der Waals surface area contributed by atoms with Gasteiger partial charge in [0.15, 0.2) is 0 Å². The fourth-order valence-corrected chi connectivity index (χ4v) is 3.27. The summed E-state index contributed by atoms with van der Waals surface area (Å²) in [4.78, 5) is 13.3. The number of nitrogens with one attached hydrogen (secondary N) is 1. The van der Waals surface area contributed by atoms with Gasteiger partial charge in [-0.1, -0.05) is 66.7 Å². The molecule has 1 aromatic heterocycles. The summed E-state index contributed by atoms with van der Waals surface area (Å²) in [6.07, 6.45) is 1.80. The highest BCUT2D eigenvalue weighted by molar-refractivity contribution is 5.73. The van der Waals surface area contributed by atoms with Crippen molar-refractivity contribution >= 4 is 5.69 Å². The molecule has 0 aliphatic heterocycles. The molecular formula is C25H19N3O. The van der Waals surface area contributed by atoms with E-state index in [1.807, 2.05) is 78.9 Å². The van der Waals surface area contributed by atoms with Gasteiger partial charge in [0, 0.05) is 24.0 Å². The molecule has 0 unspecified atom stereocenters. The zero-order chi connectivity index (χ0) is 20.1. The normalized spacial score (nSPS) is 10.3. The number of rotatable bonds is 5. The van der Waals surface area contributed by atoms with Gasteiger partial charge in [-0.3, -0.25) is 9.36 Å². The van der Waals surface area contributed by atoms with Crippen molar-refractivity contribution in [3.05, 3.63) is 119 Å². The lowest BCUT2D eigenvalue weighted by molar-refractivity contribution is 0.986. The summed E-state index contributed by atoms with van der Waals surface area (Å²) < 4.78 is 1.62. The lowest BCUT2D eigenvalue weighted by Crippen LogP contribution is -2.21. The number of hydrogen-bond donors (Lipinski definition) is 1. The maximum Gasteiger partial charge on any atom is 0.263 e. The van der Waals surface area contributed by atoms with E-state index in [-0.39, 0.29) is 5.56 Å². The third-order valence-corrected chi connectivity index (χ3v) is 4.73. The van der Waals surface area contributed by atoms with E-state index in [4.69, 9.17) is 0 Å². The number of para-hydroxylation sites is 1. The van der Waals surface area contributed by atoms with Crippen molar-refractivity contribution in [3.63, 3.8) is 0 Å². The molecule has 1 N–H and O–H groups in total. The number of anilines is 1. The molecule has 4 nitrogen and oxygen atoms in total. The first-order valence-corrected chi connectivity index (χ1v) is 9.35. The molecule has 0 saturated carbocycles. The minimum atomic E-state index is -0.163. The lowest BCUT2D eigenvalue weighted by atomic mass is 10.0. The molecule has 0 spiro atoms. The van der Waals surface area contributed by atoms with E-state index < -0.39 is 0 Å². The summed E-state index contributed by atoms with van der Waals surface area (Å²) in [5.74, 6) is 0. The summed E-state index contributed by atoms with van der Waals surface area (Å²) in [5, 5.41) is 12.9. The fourth-order valence-electron chi connectivity index (χ4n) is 3.27. The van der Waals surface area contributed by atoms with Gasteiger partial charge in [0.1, 0.15) is 0 Å². The van der Waals surface area contributed by atoms with E-state index in [2.05, 4.69) is 11.4 Å². The predicted octanol–water partition coefficient (Wildman–Crippen LogP) is 4.99. The van der Waals surface area contributed by atoms with Gasteiger partial charge in [-0.2, -0.15) is 5.26 Å². The van der Waals surface area contributed by atoms with Crippen LogP contribution in [0.3, 0.4) is 0 Å². The van der Waals surface area contributed by atoms with Crippen molar-refractivity contribution in [3.8, 4) is 22.9 Å². The van der Waals surface area contributed by atoms with Gasteiger partial charge in [-0.25, -0.2) is 0 Å². The van der Waals surface area contributed by atoms with E-state index in [1.54, 1.807) is 22.9 Å². The highest BCUT2D eigenvalue weighted by Gasteiger charge is 2.13. The van der Waals surface area contributed by atoms with Gasteiger partial charge in [-0.15, -0.1) is 0 Å². The number of nitriles is 1. The average Bonchev–Trinajstić information content (AvgIpc) is 2.79. The van der Waals surface area contributed by atoms with Crippen LogP contribution >= 0.6 is 0 Å². The minimum absolute atomic E-state index is 0.163. The summed E-state index contributed by atoms with van der Waals surface area (Å²) >= 11 is 0. The largest absolute Gasteiger partial charge is 0.380 e. The molecule has 140 valence electrons. The molecule has 0 bridgehead atoms. The first kappa shape index (κ1) is 18.3. The van der Waals surface area contributed by atoms with Gasteiger partial charge in [0.2, 0.25) is 0 Å². The molecule has 4 rings (SSSR count). The van der Waals surface area contributed by atoms with Crippen LogP contribution < -0.4 is 10.9 Å². The Hall–Kier alpha value is -4.10. The van der Waals surface area contributed by atoms with Crippen LogP contribution in [0.25, 0.3) is 16.8 Å². The molecule has 4 heteroatoms. The molecule has 0 fully saturated rings. The van der Waals surface area contributed by atoms with Crippen LogP contribution in [-0.2, 0) is 6.54 Å². The third kappa shape index (κ3) is 3.95. The van der Waals surface area contributed by atoms with Gasteiger partial charge in [0.25, 0.3) is 5.56 Å². The minimum Gasteiger partial charge on any atom is -0.380 e. The molecule has 0 aliphatic rings. The smallest absolute Gasteiger partial charge is 0.263 e. The second-order valence-corrected chi connectivity index (χ2v) is 6.65. The summed E-state index contributed by atoms with van der Waals surface area (Å²) in [6.45, 7) is 0.632. The van der Waals surface area contributed by atoms with Gasteiger partial charge < -0.3 is 5.32 Å². The lowest BCUT2D eigenvalue weighted by Gasteiger charge is -2.14. The summed E-state index contributed by atoms with van der Waals surface area (Å²) in [7, 11) is 0. The van der Waals surface area contributed by atoms with Crippen LogP contribution in [0.5, 0.6) is 0 Å². The van der Waals surface area contributed by atoms with Crippen molar-refractivity contribution < 1.29 is 0 Å². The monoisotopic (exact) mass is 377 g/mol. The van der Waals surface area contributed by atoms with E-state index in [0.717, 1.165) is 16.9 Å². The third-order valence-electron chi connectivity index (χ3n) is 4.73. The Kier molecular flexibility index (Phi) is 5.22. The number of nitrogens with zero attached hydrogens (tertiary/aromatic N) is 2. The molecule has 0 atom stereocenters. The zero-order valence-electron chi connectivity index (χ0n) is 15.7. The number of hydrogen-bond acceptors (Lipinski definition) is 3. The van der Waals surface area contributed by atoms with Crippen LogP contribution in [0.15, 0.2) is 102 Å². The van der Waals surface area contributed by atoms with Crippen LogP contribution in [0.4, 0.5) is 5.69 Å². The number of aromatic nitrogens is 1. The Bertz CT molecular complexity index is 1220. The molecule has 1 heterocycles. The first-order chi connectivity index (χ1) is 14.3. The van der Waals surface area contributed by atoms with Crippen LogP contribution in [0, 0.1) is 11.3 Å². The Morgan fingerprint density at radius 3 is 2.21 bits per heavy atom. The Morgan fingerprint density at radius 2 is 1.48 bits per heavy atom. The molecule has 4 aromatic rings. The second kappa shape index (κ2) is 8.28. The quantitative estimate of drug-likeness (QED) is 0.533. The Balaban J connectivity index is 1.84. The predicted molar refractivity (Wildman–Crippen MR) is 116 cm³/mol. The van der Waals surface area contributed by atoms with Crippen LogP contribution in [0.1, 0.15) is 11.1 Å². The Labute approximate surface area is 169 Å². The summed E-state index contributed by atoms with van der Waals surface area (Å²) in [6, 6.07) is 30.8. The van der Waals surface area contributed by atoms with Crippen molar-refractivity contribution in [1.82, 2.24) is 4.57 Å². The van der Waals surface area contributed by atoms with Crippen LogP contribution in [-0.4, -0.2) is 4.57 Å². The van der Waals surface area contributed by atoms with Crippen molar-refractivity contribution in [2.24, 2.45) is 0 Å². The highest BCUT2D eigenvalue weighted by atomic mass is 16.1. The first-order valence-electron chi connectivity index (χ1n) is 9.35. The standard InChI is InChI=1S/C25H19N3O/c26-16-20-11-7-8-14-23(20)24-15-21(27-17-19-9-3-1-4-10-19)18-28(25(24)29)22-12-5-2-6-13-22/h1-15,18,27H,17H2. The van der Waals surface area contributed by atoms with E-state index in [0.29, 0.717) is 23.2 Å². The van der Waals surface area contributed by atoms with E-state index in [1.165, 1.54) is 0 Å². The maximum absolute atomic E-state index is 13.3. The Morgan fingerprint density at radius 1 is 0.828 bits per heavy atom. The molecule has 0 amide bonds. The van der Waals surface area contributed by atoms with Crippen molar-refractivity contribution in [2.45, 2.75) is 6.54 Å². The molecule has 3 aromatic carbocycles. The number of pyridine rings is 1. The fraction of sp³-hybridized carbons (Fsp3) is 0.0400. The van der Waals surface area contributed by atoms with E-state index >= 15 is 0 Å².